The Morgan fingerprint density at radius 2 is 2.55 bits per heavy atom. The second kappa shape index (κ2) is 2.67. The molecule has 60 valence electrons. The third kappa shape index (κ3) is 1.35. The highest BCUT2D eigenvalue weighted by molar-refractivity contribution is 5.16. The van der Waals surface area contributed by atoms with Gasteiger partial charge in [0, 0.05) is 7.05 Å². The van der Waals surface area contributed by atoms with Gasteiger partial charge in [-0.15, -0.1) is 0 Å². The molecule has 1 rings (SSSR count). The molecule has 0 aliphatic heterocycles. The third-order valence-electron chi connectivity index (χ3n) is 1.29. The van der Waals surface area contributed by atoms with Gasteiger partial charge in [0.25, 0.3) is 0 Å². The monoisotopic (exact) mass is 157 g/mol. The van der Waals surface area contributed by atoms with Crippen molar-refractivity contribution in [2.24, 2.45) is 7.05 Å². The fraction of sp³-hybridized carbons (Fsp3) is 0.400. The number of imidazole rings is 1. The zero-order valence-corrected chi connectivity index (χ0v) is 5.89. The van der Waals surface area contributed by atoms with E-state index in [0.717, 1.165) is 0 Å². The van der Waals surface area contributed by atoms with Crippen LogP contribution in [0, 0.1) is 10.1 Å². The number of aryl methyl sites for hydroxylation is 1. The molecule has 0 atom stereocenters. The van der Waals surface area contributed by atoms with Crippen LogP contribution in [0.3, 0.4) is 0 Å². The number of rotatable bonds is 2. The molecule has 1 aromatic rings. The van der Waals surface area contributed by atoms with Crippen molar-refractivity contribution in [2.75, 3.05) is 0 Å². The van der Waals surface area contributed by atoms with Gasteiger partial charge in [0.15, 0.2) is 0 Å². The van der Waals surface area contributed by atoms with Crippen molar-refractivity contribution in [3.05, 3.63) is 22.1 Å². The normalized spacial score (nSPS) is 10.0. The summed E-state index contributed by atoms with van der Waals surface area (Å²) in [7, 11) is 1.59. The highest BCUT2D eigenvalue weighted by Gasteiger charge is 2.14. The Labute approximate surface area is 62.2 Å². The zero-order chi connectivity index (χ0) is 8.43. The fourth-order valence-corrected chi connectivity index (χ4v) is 0.723. The van der Waals surface area contributed by atoms with Crippen LogP contribution in [0.4, 0.5) is 5.82 Å². The molecule has 0 aromatic carbocycles. The second-order valence-corrected chi connectivity index (χ2v) is 2.04. The Hall–Kier alpha value is -1.43. The number of hydrogen-bond acceptors (Lipinski definition) is 4. The molecular weight excluding hydrogens is 150 g/mol. The van der Waals surface area contributed by atoms with Crippen molar-refractivity contribution in [3.63, 3.8) is 0 Å². The van der Waals surface area contributed by atoms with E-state index in [9.17, 15) is 10.1 Å². The molecule has 6 nitrogen and oxygen atoms in total. The van der Waals surface area contributed by atoms with E-state index in [2.05, 4.69) is 4.98 Å². The van der Waals surface area contributed by atoms with Gasteiger partial charge in [-0.1, -0.05) is 0 Å². The molecular formula is C5H7N3O3. The van der Waals surface area contributed by atoms with Crippen molar-refractivity contribution in [2.45, 2.75) is 6.61 Å². The summed E-state index contributed by atoms with van der Waals surface area (Å²) < 4.78 is 1.41. The molecule has 0 aliphatic carbocycles. The molecule has 11 heavy (non-hydrogen) atoms. The van der Waals surface area contributed by atoms with E-state index in [1.54, 1.807) is 7.05 Å². The summed E-state index contributed by atoms with van der Waals surface area (Å²) in [6, 6.07) is 0. The van der Waals surface area contributed by atoms with Gasteiger partial charge in [-0.3, -0.25) is 0 Å². The average Bonchev–Trinajstić information content (AvgIpc) is 2.31. The molecule has 0 spiro atoms. The number of nitro groups is 1. The number of aliphatic hydroxyl groups is 1. The minimum absolute atomic E-state index is 0.239. The largest absolute Gasteiger partial charge is 0.386 e. The second-order valence-electron chi connectivity index (χ2n) is 2.04. The van der Waals surface area contributed by atoms with E-state index in [1.807, 2.05) is 0 Å². The van der Waals surface area contributed by atoms with Crippen LogP contribution in [0.2, 0.25) is 0 Å². The van der Waals surface area contributed by atoms with Crippen LogP contribution >= 0.6 is 0 Å². The Kier molecular flexibility index (Phi) is 1.86. The van der Waals surface area contributed by atoms with Gasteiger partial charge >= 0.3 is 5.82 Å². The van der Waals surface area contributed by atoms with Gasteiger partial charge in [-0.05, 0) is 9.91 Å². The maximum absolute atomic E-state index is 10.1. The lowest BCUT2D eigenvalue weighted by molar-refractivity contribution is -0.389. The van der Waals surface area contributed by atoms with Gasteiger partial charge in [0.1, 0.15) is 12.8 Å². The topological polar surface area (TPSA) is 81.2 Å². The van der Waals surface area contributed by atoms with Crippen LogP contribution in [0.1, 0.15) is 5.82 Å². The SMILES string of the molecule is Cn1cc([N+](=O)[O-])nc1CO. The molecule has 0 unspecified atom stereocenters. The lowest BCUT2D eigenvalue weighted by atomic mass is 10.6. The molecule has 1 aromatic heterocycles. The first kappa shape index (κ1) is 7.67. The van der Waals surface area contributed by atoms with Crippen LogP contribution in [0.25, 0.3) is 0 Å². The molecule has 1 N–H and O–H groups in total. The molecule has 1 heterocycles. The van der Waals surface area contributed by atoms with Crippen molar-refractivity contribution in [1.82, 2.24) is 9.55 Å². The molecule has 0 bridgehead atoms. The number of hydrogen-bond donors (Lipinski definition) is 1. The summed E-state index contributed by atoms with van der Waals surface area (Å²) in [5.41, 5.74) is 0. The van der Waals surface area contributed by atoms with Gasteiger partial charge in [0.2, 0.25) is 5.82 Å². The Bertz CT molecular complexity index is 281. The summed E-state index contributed by atoms with van der Waals surface area (Å²) in [5.74, 6) is 0.0493. The van der Waals surface area contributed by atoms with Gasteiger partial charge in [0.05, 0.1) is 0 Å². The highest BCUT2D eigenvalue weighted by atomic mass is 16.6. The average molecular weight is 157 g/mol. The van der Waals surface area contributed by atoms with E-state index >= 15 is 0 Å². The Morgan fingerprint density at radius 1 is 1.91 bits per heavy atom. The molecule has 0 saturated carbocycles. The predicted molar refractivity (Wildman–Crippen MR) is 35.8 cm³/mol. The molecule has 0 saturated heterocycles. The minimum Gasteiger partial charge on any atom is -0.386 e. The van der Waals surface area contributed by atoms with Crippen molar-refractivity contribution in [3.8, 4) is 0 Å². The summed E-state index contributed by atoms with van der Waals surface area (Å²) in [6.07, 6.45) is 1.26. The van der Waals surface area contributed by atoms with E-state index in [4.69, 9.17) is 5.11 Å². The first-order chi connectivity index (χ1) is 5.15. The molecule has 0 aliphatic rings. The molecule has 0 radical (unpaired) electrons. The summed E-state index contributed by atoms with van der Waals surface area (Å²) in [6.45, 7) is -0.287. The summed E-state index contributed by atoms with van der Waals surface area (Å²) in [5, 5.41) is 18.7. The van der Waals surface area contributed by atoms with Crippen LogP contribution in [0.15, 0.2) is 6.20 Å². The molecule has 6 heteroatoms. The van der Waals surface area contributed by atoms with Crippen LogP contribution in [0.5, 0.6) is 0 Å². The van der Waals surface area contributed by atoms with Gasteiger partial charge < -0.3 is 19.8 Å². The quantitative estimate of drug-likeness (QED) is 0.477. The zero-order valence-electron chi connectivity index (χ0n) is 5.89. The summed E-state index contributed by atoms with van der Waals surface area (Å²) >= 11 is 0. The van der Waals surface area contributed by atoms with E-state index in [-0.39, 0.29) is 18.2 Å². The van der Waals surface area contributed by atoms with Crippen molar-refractivity contribution in [1.29, 1.82) is 0 Å². The van der Waals surface area contributed by atoms with Crippen LogP contribution < -0.4 is 0 Å². The van der Waals surface area contributed by atoms with Crippen molar-refractivity contribution >= 4 is 5.82 Å². The van der Waals surface area contributed by atoms with Crippen molar-refractivity contribution < 1.29 is 10.0 Å². The lowest BCUT2D eigenvalue weighted by Crippen LogP contribution is -1.95. The number of aliphatic hydroxyl groups excluding tert-OH is 1. The van der Waals surface area contributed by atoms with Gasteiger partial charge in [-0.25, -0.2) is 0 Å². The van der Waals surface area contributed by atoms with Gasteiger partial charge in [-0.2, -0.15) is 0 Å². The van der Waals surface area contributed by atoms with Crippen LogP contribution in [-0.2, 0) is 13.7 Å². The van der Waals surface area contributed by atoms with Crippen LogP contribution in [-0.4, -0.2) is 19.6 Å². The third-order valence-corrected chi connectivity index (χ3v) is 1.29. The predicted octanol–water partition coefficient (Wildman–Crippen LogP) is -0.179. The summed E-state index contributed by atoms with van der Waals surface area (Å²) in [4.78, 5) is 13.1. The number of aromatic nitrogens is 2. The minimum atomic E-state index is -0.598. The standard InChI is InChI=1S/C5H7N3O3/c1-7-2-4(8(10)11)6-5(7)3-9/h2,9H,3H2,1H3. The first-order valence-corrected chi connectivity index (χ1v) is 2.92. The maximum Gasteiger partial charge on any atom is 0.381 e. The Morgan fingerprint density at radius 3 is 2.82 bits per heavy atom. The van der Waals surface area contributed by atoms with E-state index < -0.39 is 4.92 Å². The molecule has 0 fully saturated rings. The first-order valence-electron chi connectivity index (χ1n) is 2.92. The van der Waals surface area contributed by atoms with E-state index in [1.165, 1.54) is 10.8 Å². The Balaban J connectivity index is 3.05. The smallest absolute Gasteiger partial charge is 0.381 e. The lowest BCUT2D eigenvalue weighted by Gasteiger charge is -1.86. The van der Waals surface area contributed by atoms with E-state index in [0.29, 0.717) is 0 Å². The number of nitrogens with zero attached hydrogens (tertiary/aromatic N) is 3. The molecule has 0 amide bonds. The maximum atomic E-state index is 10.1. The highest BCUT2D eigenvalue weighted by Crippen LogP contribution is 2.08. The fourth-order valence-electron chi connectivity index (χ4n) is 0.723.